The Hall–Kier alpha value is -3.17. The summed E-state index contributed by atoms with van der Waals surface area (Å²) in [6.07, 6.45) is 0. The first-order chi connectivity index (χ1) is 13.7. The number of hydrogen-bond acceptors (Lipinski definition) is 2. The van der Waals surface area contributed by atoms with Gasteiger partial charge in [0.2, 0.25) is 0 Å². The predicted molar refractivity (Wildman–Crippen MR) is 119 cm³/mol. The lowest BCUT2D eigenvalue weighted by molar-refractivity contribution is 0.103. The molecule has 28 heavy (non-hydrogen) atoms. The van der Waals surface area contributed by atoms with Gasteiger partial charge in [0, 0.05) is 32.7 Å². The maximum atomic E-state index is 12.7. The van der Waals surface area contributed by atoms with Gasteiger partial charge in [0.15, 0.2) is 5.78 Å². The van der Waals surface area contributed by atoms with E-state index in [1.807, 2.05) is 84.9 Å². The van der Waals surface area contributed by atoms with E-state index in [-0.39, 0.29) is 5.78 Å². The van der Waals surface area contributed by atoms with Gasteiger partial charge in [-0.15, -0.1) is 0 Å². The molecule has 0 heterocycles. The number of para-hydroxylation sites is 2. The third kappa shape index (κ3) is 3.90. The van der Waals surface area contributed by atoms with E-state index in [0.717, 1.165) is 21.5 Å². The maximum Gasteiger partial charge on any atom is 0.193 e. The van der Waals surface area contributed by atoms with Crippen molar-refractivity contribution in [3.05, 3.63) is 125 Å². The molecule has 4 aromatic carbocycles. The minimum Gasteiger partial charge on any atom is -0.311 e. The van der Waals surface area contributed by atoms with E-state index in [1.165, 1.54) is 0 Å². The van der Waals surface area contributed by atoms with Crippen LogP contribution in [0.3, 0.4) is 0 Å². The van der Waals surface area contributed by atoms with Crippen molar-refractivity contribution in [3.8, 4) is 0 Å². The van der Waals surface area contributed by atoms with Crippen molar-refractivity contribution in [2.75, 3.05) is 4.90 Å². The Bertz CT molecular complexity index is 1020. The van der Waals surface area contributed by atoms with E-state index in [9.17, 15) is 4.79 Å². The van der Waals surface area contributed by atoms with Crippen molar-refractivity contribution in [1.82, 2.24) is 0 Å². The number of rotatable bonds is 5. The summed E-state index contributed by atoms with van der Waals surface area (Å²) in [5.74, 6) is 0.0185. The van der Waals surface area contributed by atoms with Gasteiger partial charge in [-0.3, -0.25) is 4.79 Å². The highest BCUT2D eigenvalue weighted by Crippen LogP contribution is 2.34. The Labute approximate surface area is 173 Å². The molecule has 0 aliphatic heterocycles. The first-order valence-electron chi connectivity index (χ1n) is 9.03. The van der Waals surface area contributed by atoms with E-state index in [1.54, 1.807) is 0 Å². The lowest BCUT2D eigenvalue weighted by Gasteiger charge is -2.25. The summed E-state index contributed by atoms with van der Waals surface area (Å²) < 4.78 is 0.959. The number of nitrogens with zero attached hydrogens (tertiary/aromatic N) is 1. The van der Waals surface area contributed by atoms with Gasteiger partial charge >= 0.3 is 0 Å². The average Bonchev–Trinajstić information content (AvgIpc) is 2.76. The zero-order valence-electron chi connectivity index (χ0n) is 15.1. The fraction of sp³-hybridized carbons (Fsp3) is 0. The Morgan fingerprint density at radius 2 is 0.929 bits per heavy atom. The number of carbonyl (C=O) groups is 1. The number of carbonyl (C=O) groups excluding carboxylic acids is 1. The highest BCUT2D eigenvalue weighted by molar-refractivity contribution is 9.10. The third-order valence-corrected chi connectivity index (χ3v) is 5.05. The second-order valence-electron chi connectivity index (χ2n) is 6.39. The van der Waals surface area contributed by atoms with Gasteiger partial charge in [0.1, 0.15) is 0 Å². The number of anilines is 3. The smallest absolute Gasteiger partial charge is 0.193 e. The van der Waals surface area contributed by atoms with Crippen molar-refractivity contribution in [3.63, 3.8) is 0 Å². The number of halogens is 1. The molecule has 0 amide bonds. The molecular formula is C25H18BrNO. The molecule has 3 heteroatoms. The molecule has 0 aliphatic rings. The van der Waals surface area contributed by atoms with E-state index in [4.69, 9.17) is 0 Å². The molecule has 4 rings (SSSR count). The molecule has 0 N–H and O–H groups in total. The molecule has 0 spiro atoms. The van der Waals surface area contributed by atoms with Gasteiger partial charge in [-0.1, -0.05) is 52.3 Å². The highest BCUT2D eigenvalue weighted by Gasteiger charge is 2.14. The highest BCUT2D eigenvalue weighted by atomic mass is 79.9. The lowest BCUT2D eigenvalue weighted by atomic mass is 10.0. The van der Waals surface area contributed by atoms with Gasteiger partial charge in [0.25, 0.3) is 0 Å². The van der Waals surface area contributed by atoms with Crippen LogP contribution in [0.1, 0.15) is 15.9 Å². The largest absolute Gasteiger partial charge is 0.311 e. The standard InChI is InChI=1S/C25H18BrNO/c26-21-15-11-19(12-16-21)25(28)20-13-17-24(18-14-20)27(22-7-3-1-4-8-22)23-9-5-2-6-10-23/h1-18H. The van der Waals surface area contributed by atoms with Gasteiger partial charge < -0.3 is 4.90 Å². The van der Waals surface area contributed by atoms with Crippen molar-refractivity contribution >= 4 is 38.8 Å². The van der Waals surface area contributed by atoms with E-state index >= 15 is 0 Å². The Balaban J connectivity index is 1.69. The third-order valence-electron chi connectivity index (χ3n) is 4.52. The number of hydrogen-bond donors (Lipinski definition) is 0. The van der Waals surface area contributed by atoms with Gasteiger partial charge in [-0.05, 0) is 72.8 Å². The fourth-order valence-electron chi connectivity index (χ4n) is 3.13. The average molecular weight is 428 g/mol. The van der Waals surface area contributed by atoms with Crippen LogP contribution in [0.2, 0.25) is 0 Å². The molecule has 0 radical (unpaired) electrons. The van der Waals surface area contributed by atoms with Crippen LogP contribution in [0.5, 0.6) is 0 Å². The van der Waals surface area contributed by atoms with E-state index < -0.39 is 0 Å². The quantitative estimate of drug-likeness (QED) is 0.315. The fourth-order valence-corrected chi connectivity index (χ4v) is 3.40. The molecule has 0 saturated carbocycles. The molecular weight excluding hydrogens is 410 g/mol. The van der Waals surface area contributed by atoms with Gasteiger partial charge in [-0.25, -0.2) is 0 Å². The first-order valence-corrected chi connectivity index (χ1v) is 9.82. The van der Waals surface area contributed by atoms with Gasteiger partial charge in [-0.2, -0.15) is 0 Å². The Morgan fingerprint density at radius 3 is 1.39 bits per heavy atom. The van der Waals surface area contributed by atoms with E-state index in [2.05, 4.69) is 45.1 Å². The lowest BCUT2D eigenvalue weighted by Crippen LogP contribution is -2.10. The molecule has 2 nitrogen and oxygen atoms in total. The summed E-state index contributed by atoms with van der Waals surface area (Å²) >= 11 is 3.40. The molecule has 0 bridgehead atoms. The van der Waals surface area contributed by atoms with Crippen LogP contribution in [0.15, 0.2) is 114 Å². The maximum absolute atomic E-state index is 12.7. The molecule has 0 atom stereocenters. The van der Waals surface area contributed by atoms with Crippen molar-refractivity contribution in [2.24, 2.45) is 0 Å². The van der Waals surface area contributed by atoms with Crippen LogP contribution in [0.4, 0.5) is 17.1 Å². The zero-order chi connectivity index (χ0) is 19.3. The Morgan fingerprint density at radius 1 is 0.536 bits per heavy atom. The summed E-state index contributed by atoms with van der Waals surface area (Å²) in [6.45, 7) is 0. The molecule has 0 aliphatic carbocycles. The second-order valence-corrected chi connectivity index (χ2v) is 7.31. The molecule has 0 saturated heterocycles. The second kappa shape index (κ2) is 8.24. The molecule has 4 aromatic rings. The van der Waals surface area contributed by atoms with Crippen LogP contribution >= 0.6 is 15.9 Å². The van der Waals surface area contributed by atoms with Gasteiger partial charge in [0.05, 0.1) is 0 Å². The number of benzene rings is 4. The SMILES string of the molecule is O=C(c1ccc(Br)cc1)c1ccc(N(c2ccccc2)c2ccccc2)cc1. The molecule has 0 fully saturated rings. The number of ketones is 1. The van der Waals surface area contributed by atoms with Crippen LogP contribution < -0.4 is 4.90 Å². The van der Waals surface area contributed by atoms with Crippen molar-refractivity contribution in [1.29, 1.82) is 0 Å². The monoisotopic (exact) mass is 427 g/mol. The summed E-state index contributed by atoms with van der Waals surface area (Å²) in [5.41, 5.74) is 4.50. The van der Waals surface area contributed by atoms with Crippen LogP contribution in [0.25, 0.3) is 0 Å². The summed E-state index contributed by atoms with van der Waals surface area (Å²) in [6, 6.07) is 35.6. The first kappa shape index (κ1) is 18.2. The van der Waals surface area contributed by atoms with Crippen molar-refractivity contribution in [2.45, 2.75) is 0 Å². The molecule has 0 aromatic heterocycles. The molecule has 136 valence electrons. The normalized spacial score (nSPS) is 10.5. The minimum atomic E-state index is 0.0185. The van der Waals surface area contributed by atoms with Crippen molar-refractivity contribution < 1.29 is 4.79 Å². The predicted octanol–water partition coefficient (Wildman–Crippen LogP) is 7.15. The van der Waals surface area contributed by atoms with Crippen LogP contribution in [-0.4, -0.2) is 5.78 Å². The zero-order valence-corrected chi connectivity index (χ0v) is 16.7. The van der Waals surface area contributed by atoms with E-state index in [0.29, 0.717) is 11.1 Å². The summed E-state index contributed by atoms with van der Waals surface area (Å²) in [4.78, 5) is 14.9. The van der Waals surface area contributed by atoms with Crippen LogP contribution in [-0.2, 0) is 0 Å². The minimum absolute atomic E-state index is 0.0185. The topological polar surface area (TPSA) is 20.3 Å². The summed E-state index contributed by atoms with van der Waals surface area (Å²) in [5, 5.41) is 0. The molecule has 0 unspecified atom stereocenters. The Kier molecular flexibility index (Phi) is 5.36. The summed E-state index contributed by atoms with van der Waals surface area (Å²) in [7, 11) is 0. The van der Waals surface area contributed by atoms with Crippen LogP contribution in [0, 0.1) is 0 Å².